The van der Waals surface area contributed by atoms with Crippen LogP contribution >= 0.6 is 0 Å². The molecule has 0 spiro atoms. The van der Waals surface area contributed by atoms with Crippen LogP contribution in [0.5, 0.6) is 5.75 Å². The third-order valence-corrected chi connectivity index (χ3v) is 5.52. The SMILES string of the molecule is Cc1c(NC(=O)c2cc(C(N)=O)c3ccc(F)cc3n2)c(C(F)(F)F)nn1Cc1ccc(C#N)cc1O. The Hall–Kier alpha value is -4.99. The lowest BCUT2D eigenvalue weighted by atomic mass is 10.1. The van der Waals surface area contributed by atoms with Gasteiger partial charge in [-0.2, -0.15) is 23.5 Å². The number of halogens is 4. The van der Waals surface area contributed by atoms with Crippen LogP contribution in [0, 0.1) is 24.1 Å². The number of benzene rings is 2. The topological polar surface area (TPSA) is 147 Å². The molecule has 2 heterocycles. The van der Waals surface area contributed by atoms with Gasteiger partial charge in [-0.1, -0.05) is 6.07 Å². The summed E-state index contributed by atoms with van der Waals surface area (Å²) in [6.45, 7) is 0.970. The second-order valence-electron chi connectivity index (χ2n) is 7.95. The van der Waals surface area contributed by atoms with Gasteiger partial charge in [0.25, 0.3) is 5.91 Å². The maximum atomic E-state index is 13.8. The third-order valence-electron chi connectivity index (χ3n) is 5.52. The fourth-order valence-corrected chi connectivity index (χ4v) is 3.68. The molecule has 2 amide bonds. The van der Waals surface area contributed by atoms with Crippen molar-refractivity contribution < 1.29 is 32.3 Å². The van der Waals surface area contributed by atoms with E-state index in [0.717, 1.165) is 28.9 Å². The second kappa shape index (κ2) is 9.23. The predicted octanol–water partition coefficient (Wildman–Crippen LogP) is 3.87. The molecule has 0 aliphatic carbocycles. The average Bonchev–Trinajstić information content (AvgIpc) is 3.14. The monoisotopic (exact) mass is 512 g/mol. The number of carbonyl (C=O) groups is 2. The van der Waals surface area contributed by atoms with Crippen LogP contribution in [0.2, 0.25) is 0 Å². The van der Waals surface area contributed by atoms with E-state index in [0.29, 0.717) is 0 Å². The van der Waals surface area contributed by atoms with Crippen molar-refractivity contribution in [2.24, 2.45) is 5.73 Å². The molecule has 0 saturated heterocycles. The van der Waals surface area contributed by atoms with E-state index in [1.54, 1.807) is 0 Å². The summed E-state index contributed by atoms with van der Waals surface area (Å²) in [5.74, 6) is -3.10. The molecule has 0 aliphatic heterocycles. The lowest BCUT2D eigenvalue weighted by Crippen LogP contribution is -2.19. The number of primary amides is 1. The molecule has 2 aromatic carbocycles. The zero-order valence-corrected chi connectivity index (χ0v) is 18.9. The number of rotatable bonds is 5. The van der Waals surface area contributed by atoms with Gasteiger partial charge in [-0.25, -0.2) is 9.37 Å². The predicted molar refractivity (Wildman–Crippen MR) is 122 cm³/mol. The Morgan fingerprint density at radius 3 is 2.54 bits per heavy atom. The van der Waals surface area contributed by atoms with Gasteiger partial charge >= 0.3 is 6.18 Å². The Bertz CT molecular complexity index is 1620. The fraction of sp³-hybridized carbons (Fsp3) is 0.125. The first kappa shape index (κ1) is 25.1. The number of nitrogens with two attached hydrogens (primary N) is 1. The van der Waals surface area contributed by atoms with Crippen molar-refractivity contribution in [1.29, 1.82) is 5.26 Å². The number of phenols is 1. The summed E-state index contributed by atoms with van der Waals surface area (Å²) < 4.78 is 56.0. The second-order valence-corrected chi connectivity index (χ2v) is 7.95. The summed E-state index contributed by atoms with van der Waals surface area (Å²) in [6, 6.07) is 10.00. The minimum Gasteiger partial charge on any atom is -0.508 e. The molecule has 4 rings (SSSR count). The Kier molecular flexibility index (Phi) is 6.26. The smallest absolute Gasteiger partial charge is 0.437 e. The number of fused-ring (bicyclic) bond motifs is 1. The number of anilines is 1. The highest BCUT2D eigenvalue weighted by molar-refractivity contribution is 6.10. The van der Waals surface area contributed by atoms with Crippen molar-refractivity contribution in [2.75, 3.05) is 5.32 Å². The largest absolute Gasteiger partial charge is 0.508 e. The summed E-state index contributed by atoms with van der Waals surface area (Å²) in [7, 11) is 0. The number of carbonyl (C=O) groups excluding carboxylic acids is 2. The highest BCUT2D eigenvalue weighted by Gasteiger charge is 2.39. The van der Waals surface area contributed by atoms with E-state index in [9.17, 15) is 32.3 Å². The number of hydrogen-bond donors (Lipinski definition) is 3. The number of nitrogens with one attached hydrogen (secondary N) is 1. The van der Waals surface area contributed by atoms with Crippen molar-refractivity contribution in [3.8, 4) is 11.8 Å². The molecule has 0 aliphatic rings. The maximum absolute atomic E-state index is 13.8. The van der Waals surface area contributed by atoms with Gasteiger partial charge in [0.1, 0.15) is 17.3 Å². The van der Waals surface area contributed by atoms with Gasteiger partial charge in [-0.05, 0) is 37.3 Å². The Balaban J connectivity index is 1.75. The molecular weight excluding hydrogens is 496 g/mol. The quantitative estimate of drug-likeness (QED) is 0.346. The van der Waals surface area contributed by atoms with Crippen molar-refractivity contribution >= 4 is 28.4 Å². The van der Waals surface area contributed by atoms with Crippen LogP contribution in [-0.4, -0.2) is 31.7 Å². The normalized spacial score (nSPS) is 11.4. The van der Waals surface area contributed by atoms with Crippen LogP contribution < -0.4 is 11.1 Å². The van der Waals surface area contributed by atoms with Gasteiger partial charge in [0.2, 0.25) is 5.91 Å². The number of nitrogens with zero attached hydrogens (tertiary/aromatic N) is 4. The Morgan fingerprint density at radius 1 is 1.19 bits per heavy atom. The van der Waals surface area contributed by atoms with Crippen molar-refractivity contribution in [1.82, 2.24) is 14.8 Å². The van der Waals surface area contributed by atoms with Gasteiger partial charge in [0.15, 0.2) is 5.69 Å². The lowest BCUT2D eigenvalue weighted by molar-refractivity contribution is -0.140. The molecule has 0 fully saturated rings. The highest BCUT2D eigenvalue weighted by atomic mass is 19.4. The summed E-state index contributed by atoms with van der Waals surface area (Å²) in [6.07, 6.45) is -4.97. The van der Waals surface area contributed by atoms with E-state index in [4.69, 9.17) is 11.0 Å². The van der Waals surface area contributed by atoms with Crippen LogP contribution in [0.3, 0.4) is 0 Å². The maximum Gasteiger partial charge on any atom is 0.437 e. The summed E-state index contributed by atoms with van der Waals surface area (Å²) in [5.41, 5.74) is 2.76. The lowest BCUT2D eigenvalue weighted by Gasteiger charge is -2.11. The molecule has 0 radical (unpaired) electrons. The molecule has 0 bridgehead atoms. The number of phenolic OH excluding ortho intramolecular Hbond substituents is 1. The summed E-state index contributed by atoms with van der Waals surface area (Å²) in [4.78, 5) is 28.8. The Labute approximate surface area is 205 Å². The van der Waals surface area contributed by atoms with Crippen LogP contribution in [0.1, 0.15) is 43.4 Å². The van der Waals surface area contributed by atoms with Gasteiger partial charge in [-0.3, -0.25) is 14.3 Å². The molecule has 9 nitrogen and oxygen atoms in total. The number of aromatic nitrogens is 3. The summed E-state index contributed by atoms with van der Waals surface area (Å²) >= 11 is 0. The first-order valence-electron chi connectivity index (χ1n) is 10.5. The van der Waals surface area contributed by atoms with Crippen molar-refractivity contribution in [3.05, 3.63) is 82.1 Å². The summed E-state index contributed by atoms with van der Waals surface area (Å²) in [5, 5.41) is 24.9. The van der Waals surface area contributed by atoms with Crippen LogP contribution in [0.25, 0.3) is 10.9 Å². The third kappa shape index (κ3) is 4.90. The molecule has 4 aromatic rings. The fourth-order valence-electron chi connectivity index (χ4n) is 3.68. The first-order valence-corrected chi connectivity index (χ1v) is 10.5. The molecule has 0 atom stereocenters. The first-order chi connectivity index (χ1) is 17.4. The number of alkyl halides is 3. The molecule has 13 heteroatoms. The highest BCUT2D eigenvalue weighted by Crippen LogP contribution is 2.36. The Morgan fingerprint density at radius 2 is 1.92 bits per heavy atom. The van der Waals surface area contributed by atoms with Crippen LogP contribution in [-0.2, 0) is 12.7 Å². The molecule has 0 unspecified atom stereocenters. The molecule has 4 N–H and O–H groups in total. The van der Waals surface area contributed by atoms with Crippen LogP contribution in [0.15, 0.2) is 42.5 Å². The molecular formula is C24H16F4N6O3. The zero-order valence-electron chi connectivity index (χ0n) is 18.9. The number of nitriles is 1. The molecule has 2 aromatic heterocycles. The van der Waals surface area contributed by atoms with Crippen LogP contribution in [0.4, 0.5) is 23.2 Å². The standard InChI is InChI=1S/C24H16F4N6O3/c1-11-20(21(24(26,27)28)33-34(11)10-13-3-2-12(9-29)6-19(13)35)32-23(37)18-8-16(22(30)36)15-5-4-14(25)7-17(15)31-18/h2-8,35H,10H2,1H3,(H2,30,36)(H,32,37). The number of pyridine rings is 1. The van der Waals surface area contributed by atoms with Gasteiger partial charge in [0.05, 0.1) is 40.6 Å². The number of hydrogen-bond acceptors (Lipinski definition) is 6. The van der Waals surface area contributed by atoms with E-state index in [-0.39, 0.29) is 45.6 Å². The number of amides is 2. The van der Waals surface area contributed by atoms with E-state index in [1.165, 1.54) is 25.1 Å². The minimum absolute atomic E-state index is 0.0961. The van der Waals surface area contributed by atoms with E-state index in [1.807, 2.05) is 6.07 Å². The van der Waals surface area contributed by atoms with E-state index >= 15 is 0 Å². The van der Waals surface area contributed by atoms with Gasteiger partial charge < -0.3 is 16.2 Å². The molecule has 0 saturated carbocycles. The molecule has 37 heavy (non-hydrogen) atoms. The van der Waals surface area contributed by atoms with Gasteiger partial charge in [-0.15, -0.1) is 0 Å². The van der Waals surface area contributed by atoms with Crippen molar-refractivity contribution in [2.45, 2.75) is 19.6 Å². The van der Waals surface area contributed by atoms with Crippen molar-refractivity contribution in [3.63, 3.8) is 0 Å². The zero-order chi connectivity index (χ0) is 27.1. The van der Waals surface area contributed by atoms with E-state index in [2.05, 4.69) is 15.4 Å². The van der Waals surface area contributed by atoms with E-state index < -0.39 is 40.9 Å². The minimum atomic E-state index is -4.97. The average molecular weight is 512 g/mol. The van der Waals surface area contributed by atoms with Gasteiger partial charge in [0, 0.05) is 17.0 Å². The molecule has 188 valence electrons. The number of aromatic hydroxyl groups is 1.